The third-order valence-corrected chi connectivity index (χ3v) is 7.79. The molecule has 41 heavy (non-hydrogen) atoms. The number of ether oxygens (including phenoxy) is 2. The Hall–Kier alpha value is -3.43. The third kappa shape index (κ3) is 4.78. The highest BCUT2D eigenvalue weighted by molar-refractivity contribution is 7.47. The standard InChI is InChI=1S/C20H25N10O10P/c21-15-9-17(25-3-23-15)29(5-27-9)19-13(34)11(32)8(39-19)2-37-41(35,36)40-14-12(33)7(1-31)38-20(14)30-6-28-10-16(22)24-4-26-18(10)30/h3-8,11-14,19-20,31-34H,1-2H2,(H,35,36)(H2,21,23,25)(H2,22,24,26)/t7-,8-,11+,12+,13+,14+,19-,20-/m1/s1. The molecule has 9 atom stereocenters. The fraction of sp³-hybridized carbons (Fsp3) is 0.500. The first-order valence-electron chi connectivity index (χ1n) is 12.1. The average molecular weight is 596 g/mol. The second-order valence-corrected chi connectivity index (χ2v) is 10.7. The van der Waals surface area contributed by atoms with Crippen LogP contribution in [0.2, 0.25) is 0 Å². The van der Waals surface area contributed by atoms with E-state index in [-0.39, 0.29) is 34.0 Å². The minimum atomic E-state index is -4.99. The van der Waals surface area contributed by atoms with Gasteiger partial charge in [0, 0.05) is 0 Å². The van der Waals surface area contributed by atoms with E-state index in [2.05, 4.69) is 29.9 Å². The Morgan fingerprint density at radius 3 is 1.98 bits per heavy atom. The van der Waals surface area contributed by atoms with Crippen LogP contribution in [0.15, 0.2) is 25.3 Å². The molecule has 2 fully saturated rings. The highest BCUT2D eigenvalue weighted by atomic mass is 31.2. The van der Waals surface area contributed by atoms with Crippen molar-refractivity contribution in [2.24, 2.45) is 0 Å². The van der Waals surface area contributed by atoms with Gasteiger partial charge < -0.3 is 46.3 Å². The first kappa shape index (κ1) is 27.7. The zero-order valence-electron chi connectivity index (χ0n) is 20.8. The minimum absolute atomic E-state index is 0.0647. The number of hydrogen-bond acceptors (Lipinski definition) is 17. The lowest BCUT2D eigenvalue weighted by Crippen LogP contribution is -2.36. The van der Waals surface area contributed by atoms with Gasteiger partial charge >= 0.3 is 7.82 Å². The van der Waals surface area contributed by atoms with E-state index in [1.54, 1.807) is 0 Å². The molecule has 2 aliphatic rings. The second kappa shape index (κ2) is 10.4. The summed E-state index contributed by atoms with van der Waals surface area (Å²) in [6.45, 7) is -1.35. The van der Waals surface area contributed by atoms with Gasteiger partial charge in [0.15, 0.2) is 35.4 Å². The lowest BCUT2D eigenvalue weighted by Gasteiger charge is -2.24. The highest BCUT2D eigenvalue weighted by Gasteiger charge is 2.50. The number of aliphatic hydroxyl groups excluding tert-OH is 4. The summed E-state index contributed by atoms with van der Waals surface area (Å²) in [5, 5.41) is 41.5. The summed E-state index contributed by atoms with van der Waals surface area (Å²) in [4.78, 5) is 34.6. The van der Waals surface area contributed by atoms with Crippen molar-refractivity contribution in [1.82, 2.24) is 39.0 Å². The fourth-order valence-corrected chi connectivity index (χ4v) is 5.70. The van der Waals surface area contributed by atoms with E-state index >= 15 is 0 Å². The van der Waals surface area contributed by atoms with E-state index in [4.69, 9.17) is 30.0 Å². The van der Waals surface area contributed by atoms with Crippen molar-refractivity contribution in [3.8, 4) is 0 Å². The molecule has 21 heteroatoms. The van der Waals surface area contributed by atoms with Gasteiger partial charge in [0.2, 0.25) is 0 Å². The maximum Gasteiger partial charge on any atom is 0.472 e. The van der Waals surface area contributed by atoms with Crippen LogP contribution in [0.1, 0.15) is 12.5 Å². The Bertz CT molecular complexity index is 1620. The largest absolute Gasteiger partial charge is 0.472 e. The zero-order valence-corrected chi connectivity index (χ0v) is 21.7. The predicted octanol–water partition coefficient (Wildman–Crippen LogP) is -2.80. The monoisotopic (exact) mass is 596 g/mol. The van der Waals surface area contributed by atoms with E-state index < -0.39 is 70.1 Å². The Labute approximate surface area is 228 Å². The number of fused-ring (bicyclic) bond motifs is 2. The highest BCUT2D eigenvalue weighted by Crippen LogP contribution is 2.50. The number of nitrogens with zero attached hydrogens (tertiary/aromatic N) is 8. The molecule has 4 aromatic rings. The molecule has 6 heterocycles. The van der Waals surface area contributed by atoms with Gasteiger partial charge in [-0.15, -0.1) is 0 Å². The normalized spacial score (nSPS) is 31.7. The number of aromatic nitrogens is 8. The number of nitrogen functional groups attached to an aromatic ring is 2. The van der Waals surface area contributed by atoms with Crippen molar-refractivity contribution in [2.45, 2.75) is 49.1 Å². The Balaban J connectivity index is 1.18. The van der Waals surface area contributed by atoms with Crippen LogP contribution in [-0.4, -0.2) is 114 Å². The fourth-order valence-electron chi connectivity index (χ4n) is 4.77. The molecule has 0 saturated carbocycles. The molecule has 0 spiro atoms. The van der Waals surface area contributed by atoms with Gasteiger partial charge in [-0.3, -0.25) is 18.2 Å². The second-order valence-electron chi connectivity index (χ2n) is 9.28. The summed E-state index contributed by atoms with van der Waals surface area (Å²) in [5.41, 5.74) is 12.5. The van der Waals surface area contributed by atoms with Crippen molar-refractivity contribution < 1.29 is 48.4 Å². The van der Waals surface area contributed by atoms with Crippen LogP contribution in [0.25, 0.3) is 22.3 Å². The van der Waals surface area contributed by atoms with E-state index in [0.29, 0.717) is 0 Å². The third-order valence-electron chi connectivity index (χ3n) is 6.81. The summed E-state index contributed by atoms with van der Waals surface area (Å²) in [5.74, 6) is 0.161. The summed E-state index contributed by atoms with van der Waals surface area (Å²) < 4.78 is 37.3. The van der Waals surface area contributed by atoms with Crippen LogP contribution in [0.4, 0.5) is 11.6 Å². The Morgan fingerprint density at radius 2 is 1.39 bits per heavy atom. The topological polar surface area (TPSA) is 294 Å². The number of hydrogen-bond donors (Lipinski definition) is 7. The summed E-state index contributed by atoms with van der Waals surface area (Å²) in [6, 6.07) is 0. The van der Waals surface area contributed by atoms with Crippen LogP contribution in [-0.2, 0) is 23.1 Å². The molecule has 0 aromatic carbocycles. The Kier molecular flexibility index (Phi) is 7.06. The van der Waals surface area contributed by atoms with Gasteiger partial charge in [-0.1, -0.05) is 0 Å². The maximum absolute atomic E-state index is 13.0. The molecule has 6 rings (SSSR count). The predicted molar refractivity (Wildman–Crippen MR) is 133 cm³/mol. The molecule has 0 bridgehead atoms. The van der Waals surface area contributed by atoms with E-state index in [1.165, 1.54) is 34.4 Å². The van der Waals surface area contributed by atoms with Gasteiger partial charge in [0.25, 0.3) is 0 Å². The Morgan fingerprint density at radius 1 is 0.829 bits per heavy atom. The van der Waals surface area contributed by atoms with Crippen molar-refractivity contribution in [1.29, 1.82) is 0 Å². The summed E-state index contributed by atoms with van der Waals surface area (Å²) >= 11 is 0. The quantitative estimate of drug-likeness (QED) is 0.101. The summed E-state index contributed by atoms with van der Waals surface area (Å²) in [7, 11) is -4.99. The molecule has 0 radical (unpaired) electrons. The number of nitrogens with two attached hydrogens (primary N) is 2. The van der Waals surface area contributed by atoms with Gasteiger partial charge in [-0.05, 0) is 0 Å². The number of anilines is 2. The van der Waals surface area contributed by atoms with Gasteiger partial charge in [0.05, 0.1) is 25.9 Å². The lowest BCUT2D eigenvalue weighted by molar-refractivity contribution is -0.0616. The van der Waals surface area contributed by atoms with Crippen molar-refractivity contribution in [2.75, 3.05) is 24.7 Å². The maximum atomic E-state index is 13.0. The molecular formula is C20H25N10O10P. The van der Waals surface area contributed by atoms with Crippen molar-refractivity contribution in [3.05, 3.63) is 25.3 Å². The molecule has 2 saturated heterocycles. The zero-order chi connectivity index (χ0) is 29.1. The van der Waals surface area contributed by atoms with Crippen LogP contribution in [0, 0.1) is 0 Å². The van der Waals surface area contributed by atoms with Crippen LogP contribution in [0.3, 0.4) is 0 Å². The SMILES string of the molecule is Nc1ncnc2c1ncn2[C@@H]1O[C@H](COP(=O)(O)O[C@H]2[C@@H](O)[C@@H](CO)O[C@H]2n2cnc3c(N)ncnc32)[C@H](O)[C@@H]1O. The molecule has 0 amide bonds. The van der Waals surface area contributed by atoms with Gasteiger partial charge in [0.1, 0.15) is 60.3 Å². The number of imidazole rings is 2. The number of aliphatic hydroxyl groups is 4. The number of phosphoric ester groups is 1. The smallest absolute Gasteiger partial charge is 0.394 e. The van der Waals surface area contributed by atoms with E-state index in [0.717, 1.165) is 0 Å². The van der Waals surface area contributed by atoms with Crippen LogP contribution >= 0.6 is 7.82 Å². The molecule has 2 aliphatic heterocycles. The van der Waals surface area contributed by atoms with E-state index in [9.17, 15) is 29.9 Å². The van der Waals surface area contributed by atoms with Gasteiger partial charge in [-0.25, -0.2) is 34.5 Å². The van der Waals surface area contributed by atoms with Crippen molar-refractivity contribution in [3.63, 3.8) is 0 Å². The molecular weight excluding hydrogens is 571 g/mol. The molecule has 4 aromatic heterocycles. The number of rotatable bonds is 8. The molecule has 220 valence electrons. The molecule has 20 nitrogen and oxygen atoms in total. The number of phosphoric acid groups is 1. The molecule has 9 N–H and O–H groups in total. The summed E-state index contributed by atoms with van der Waals surface area (Å²) in [6.07, 6.45) is -6.23. The average Bonchev–Trinajstić information content (AvgIpc) is 3.70. The minimum Gasteiger partial charge on any atom is -0.394 e. The van der Waals surface area contributed by atoms with Gasteiger partial charge in [-0.2, -0.15) is 0 Å². The van der Waals surface area contributed by atoms with Crippen LogP contribution in [0.5, 0.6) is 0 Å². The first-order chi connectivity index (χ1) is 19.6. The lowest BCUT2D eigenvalue weighted by atomic mass is 10.1. The van der Waals surface area contributed by atoms with E-state index in [1.807, 2.05) is 0 Å². The van der Waals surface area contributed by atoms with Crippen LogP contribution < -0.4 is 11.5 Å². The molecule has 1 unspecified atom stereocenters. The van der Waals surface area contributed by atoms with Crippen molar-refractivity contribution >= 4 is 41.8 Å². The molecule has 0 aliphatic carbocycles. The first-order valence-corrected chi connectivity index (χ1v) is 13.6.